The van der Waals surface area contributed by atoms with Gasteiger partial charge in [0.15, 0.2) is 11.5 Å². The third kappa shape index (κ3) is 5.97. The Balaban J connectivity index is 0.000000672. The molecule has 1 saturated carbocycles. The molecule has 0 saturated heterocycles. The summed E-state index contributed by atoms with van der Waals surface area (Å²) in [6.07, 6.45) is 3.13. The van der Waals surface area contributed by atoms with E-state index in [2.05, 4.69) is 10.3 Å². The summed E-state index contributed by atoms with van der Waals surface area (Å²) in [7, 11) is 0. The molecule has 0 bridgehead atoms. The second kappa shape index (κ2) is 10.7. The van der Waals surface area contributed by atoms with Crippen LogP contribution in [-0.2, 0) is 6.54 Å². The molecule has 9 nitrogen and oxygen atoms in total. The number of carbonyl (C=O) groups is 2. The van der Waals surface area contributed by atoms with Crippen molar-refractivity contribution >= 4 is 12.1 Å². The molecule has 3 N–H and O–H groups in total. The molecule has 35 heavy (non-hydrogen) atoms. The molecule has 0 atom stereocenters. The summed E-state index contributed by atoms with van der Waals surface area (Å²) >= 11 is 0. The fourth-order valence-electron chi connectivity index (χ4n) is 3.67. The van der Waals surface area contributed by atoms with E-state index in [1.165, 1.54) is 12.6 Å². The summed E-state index contributed by atoms with van der Waals surface area (Å²) < 4.78 is 30.9. The van der Waals surface area contributed by atoms with Crippen molar-refractivity contribution in [2.45, 2.75) is 31.7 Å². The number of benzene rings is 2. The average molecular weight is 482 g/mol. The number of fused-ring (bicyclic) bond motifs is 1. The molecule has 0 radical (unpaired) electrons. The summed E-state index contributed by atoms with van der Waals surface area (Å²) in [4.78, 5) is 25.5. The van der Waals surface area contributed by atoms with Crippen LogP contribution >= 0.6 is 0 Å². The third-order valence-electron chi connectivity index (χ3n) is 5.67. The Morgan fingerprint density at radius 2 is 1.86 bits per heavy atom. The first-order valence-corrected chi connectivity index (χ1v) is 10.9. The van der Waals surface area contributed by atoms with E-state index in [4.69, 9.17) is 29.2 Å². The maximum atomic E-state index is 14.5. The molecule has 1 aliphatic heterocycles. The van der Waals surface area contributed by atoms with Crippen LogP contribution in [0.1, 0.15) is 46.7 Å². The van der Waals surface area contributed by atoms with Crippen LogP contribution in [0.3, 0.4) is 0 Å². The number of pyridine rings is 1. The molecule has 1 amide bonds. The van der Waals surface area contributed by atoms with E-state index < -0.39 is 12.1 Å². The number of amides is 1. The Kier molecular flexibility index (Phi) is 7.30. The normalized spacial score (nSPS) is 13.7. The topological polar surface area (TPSA) is 127 Å². The highest BCUT2D eigenvalue weighted by Crippen LogP contribution is 2.37. The molecule has 2 aliphatic rings. The SMILES string of the molecule is O=C(NCc1ccc(C2CCC2)cc1F)c1cccnc1Oc1ccc2c(c1)OCO2.O=C(O)O. The van der Waals surface area contributed by atoms with Gasteiger partial charge < -0.3 is 29.7 Å². The summed E-state index contributed by atoms with van der Waals surface area (Å²) in [6, 6.07) is 13.7. The first kappa shape index (κ1) is 23.8. The van der Waals surface area contributed by atoms with Crippen LogP contribution in [0.4, 0.5) is 9.18 Å². The summed E-state index contributed by atoms with van der Waals surface area (Å²) in [6.45, 7) is 0.238. The van der Waals surface area contributed by atoms with Gasteiger partial charge in [0, 0.05) is 24.4 Å². The van der Waals surface area contributed by atoms with Crippen molar-refractivity contribution in [1.29, 1.82) is 0 Å². The lowest BCUT2D eigenvalue weighted by molar-refractivity contribution is 0.0947. The molecule has 10 heteroatoms. The van der Waals surface area contributed by atoms with Gasteiger partial charge in [-0.1, -0.05) is 18.6 Å². The van der Waals surface area contributed by atoms with E-state index in [1.807, 2.05) is 6.07 Å². The van der Waals surface area contributed by atoms with E-state index in [1.54, 1.807) is 42.5 Å². The average Bonchev–Trinajstić information content (AvgIpc) is 3.25. The quantitative estimate of drug-likeness (QED) is 0.440. The van der Waals surface area contributed by atoms with Gasteiger partial charge in [-0.3, -0.25) is 4.79 Å². The van der Waals surface area contributed by atoms with Crippen molar-refractivity contribution in [1.82, 2.24) is 10.3 Å². The molecule has 2 aromatic carbocycles. The zero-order valence-electron chi connectivity index (χ0n) is 18.6. The van der Waals surface area contributed by atoms with Crippen LogP contribution in [0.25, 0.3) is 0 Å². The van der Waals surface area contributed by atoms with Gasteiger partial charge >= 0.3 is 6.16 Å². The Bertz CT molecular complexity index is 1230. The van der Waals surface area contributed by atoms with Crippen LogP contribution in [0.5, 0.6) is 23.1 Å². The minimum Gasteiger partial charge on any atom is -0.454 e. The number of hydrogen-bond donors (Lipinski definition) is 3. The lowest BCUT2D eigenvalue weighted by atomic mass is 9.80. The second-order valence-corrected chi connectivity index (χ2v) is 7.92. The molecule has 1 aromatic heterocycles. The monoisotopic (exact) mass is 482 g/mol. The van der Waals surface area contributed by atoms with Crippen LogP contribution < -0.4 is 19.5 Å². The predicted molar refractivity (Wildman–Crippen MR) is 122 cm³/mol. The van der Waals surface area contributed by atoms with E-state index in [0.29, 0.717) is 28.7 Å². The highest BCUT2D eigenvalue weighted by Gasteiger charge is 2.21. The molecular formula is C25H23FN2O7. The van der Waals surface area contributed by atoms with Crippen molar-refractivity contribution in [3.63, 3.8) is 0 Å². The van der Waals surface area contributed by atoms with Crippen LogP contribution in [0.2, 0.25) is 0 Å². The number of carbonyl (C=O) groups excluding carboxylic acids is 1. The van der Waals surface area contributed by atoms with Crippen molar-refractivity contribution in [2.75, 3.05) is 6.79 Å². The van der Waals surface area contributed by atoms with Gasteiger partial charge in [0.1, 0.15) is 17.1 Å². The van der Waals surface area contributed by atoms with E-state index in [9.17, 15) is 9.18 Å². The van der Waals surface area contributed by atoms with Gasteiger partial charge in [-0.05, 0) is 54.7 Å². The van der Waals surface area contributed by atoms with E-state index in [0.717, 1.165) is 18.4 Å². The lowest BCUT2D eigenvalue weighted by Crippen LogP contribution is -2.24. The van der Waals surface area contributed by atoms with Crippen LogP contribution in [0, 0.1) is 5.82 Å². The number of nitrogens with one attached hydrogen (secondary N) is 1. The number of nitrogens with zero attached hydrogens (tertiary/aromatic N) is 1. The van der Waals surface area contributed by atoms with Gasteiger partial charge in [0.25, 0.3) is 5.91 Å². The van der Waals surface area contributed by atoms with Crippen molar-refractivity contribution in [3.8, 4) is 23.1 Å². The zero-order valence-corrected chi connectivity index (χ0v) is 18.6. The Labute approximate surface area is 200 Å². The maximum absolute atomic E-state index is 14.5. The van der Waals surface area contributed by atoms with Crippen molar-refractivity contribution < 1.29 is 38.4 Å². The lowest BCUT2D eigenvalue weighted by Gasteiger charge is -2.26. The highest BCUT2D eigenvalue weighted by molar-refractivity contribution is 5.96. The third-order valence-corrected chi connectivity index (χ3v) is 5.67. The minimum absolute atomic E-state index is 0.0774. The number of aromatic nitrogens is 1. The largest absolute Gasteiger partial charge is 0.503 e. The minimum atomic E-state index is -1.83. The number of rotatable bonds is 6. The molecule has 0 spiro atoms. The molecule has 1 aliphatic carbocycles. The van der Waals surface area contributed by atoms with E-state index >= 15 is 0 Å². The highest BCUT2D eigenvalue weighted by atomic mass is 19.1. The zero-order chi connectivity index (χ0) is 24.8. The Morgan fingerprint density at radius 1 is 1.09 bits per heavy atom. The van der Waals surface area contributed by atoms with Gasteiger partial charge in [0.2, 0.25) is 12.7 Å². The Hall–Kier alpha value is -4.34. The number of ether oxygens (including phenoxy) is 3. The molecule has 0 unspecified atom stereocenters. The molecular weight excluding hydrogens is 459 g/mol. The van der Waals surface area contributed by atoms with Crippen molar-refractivity contribution in [3.05, 3.63) is 77.2 Å². The van der Waals surface area contributed by atoms with Crippen molar-refractivity contribution in [2.24, 2.45) is 0 Å². The fourth-order valence-corrected chi connectivity index (χ4v) is 3.67. The second-order valence-electron chi connectivity index (χ2n) is 7.92. The standard InChI is InChI=1S/C24H21FN2O4.CH2O3/c25-20-11-16(15-3-1-4-15)6-7-17(20)13-27-23(28)19-5-2-10-26-24(19)31-18-8-9-21-22(12-18)30-14-29-21;2-1(3)4/h2,5-12,15H,1,3-4,13-14H2,(H,27,28);(H2,2,3,4). The molecule has 3 aromatic rings. The van der Waals surface area contributed by atoms with Gasteiger partial charge in [-0.25, -0.2) is 14.2 Å². The molecule has 2 heterocycles. The first-order chi connectivity index (χ1) is 16.9. The number of hydrogen-bond acceptors (Lipinski definition) is 6. The molecule has 182 valence electrons. The summed E-state index contributed by atoms with van der Waals surface area (Å²) in [5.41, 5.74) is 1.73. The van der Waals surface area contributed by atoms with E-state index in [-0.39, 0.29) is 30.6 Å². The predicted octanol–water partition coefficient (Wildman–Crippen LogP) is 5.16. The van der Waals surface area contributed by atoms with Gasteiger partial charge in [-0.15, -0.1) is 0 Å². The number of halogens is 1. The van der Waals surface area contributed by atoms with Crippen LogP contribution in [-0.4, -0.2) is 34.1 Å². The van der Waals surface area contributed by atoms with Gasteiger partial charge in [-0.2, -0.15) is 0 Å². The summed E-state index contributed by atoms with van der Waals surface area (Å²) in [5.74, 6) is 1.59. The van der Waals surface area contributed by atoms with Gasteiger partial charge in [0.05, 0.1) is 0 Å². The summed E-state index contributed by atoms with van der Waals surface area (Å²) in [5, 5.41) is 16.7. The smallest absolute Gasteiger partial charge is 0.454 e. The molecule has 1 fully saturated rings. The molecule has 5 rings (SSSR count). The Morgan fingerprint density at radius 3 is 2.57 bits per heavy atom. The first-order valence-electron chi connectivity index (χ1n) is 10.9. The maximum Gasteiger partial charge on any atom is 0.503 e. The fraction of sp³-hybridized carbons (Fsp3) is 0.240. The number of carboxylic acid groups (broad SMARTS) is 2. The van der Waals surface area contributed by atoms with Crippen LogP contribution in [0.15, 0.2) is 54.7 Å².